The molecule has 7 nitrogen and oxygen atoms in total. The number of benzene rings is 1. The number of nitrogens with one attached hydrogen (secondary N) is 3. The van der Waals surface area contributed by atoms with E-state index in [0.717, 1.165) is 18.4 Å². The number of hydrogen-bond acceptors (Lipinski definition) is 5. The molecule has 146 valence electrons. The summed E-state index contributed by atoms with van der Waals surface area (Å²) in [5.41, 5.74) is 1.02. The van der Waals surface area contributed by atoms with Crippen LogP contribution in [0.5, 0.6) is 0 Å². The standard InChI is InChI=1S/C19H26N4O3S/c1-3-7-15(2)23-27(25,26)17-10-11-18(20-13-17)21-14-19(24)22-12-16-8-5-4-6-9-16/h4-6,8-11,13,15,23H,3,7,12,14H2,1-2H3,(H,20,21)(H,22,24). The molecule has 0 fully saturated rings. The average Bonchev–Trinajstić information content (AvgIpc) is 2.65. The van der Waals surface area contributed by atoms with E-state index in [4.69, 9.17) is 0 Å². The summed E-state index contributed by atoms with van der Waals surface area (Å²) in [7, 11) is -3.59. The smallest absolute Gasteiger partial charge is 0.242 e. The molecule has 0 spiro atoms. The Hall–Kier alpha value is -2.45. The first-order valence-corrected chi connectivity index (χ1v) is 10.4. The fraction of sp³-hybridized carbons (Fsp3) is 0.368. The van der Waals surface area contributed by atoms with Crippen LogP contribution in [0.1, 0.15) is 32.3 Å². The number of hydrogen-bond donors (Lipinski definition) is 3. The van der Waals surface area contributed by atoms with Gasteiger partial charge in [-0.25, -0.2) is 18.1 Å². The normalized spacial score (nSPS) is 12.4. The molecule has 1 aromatic heterocycles. The van der Waals surface area contributed by atoms with Crippen molar-refractivity contribution in [3.05, 3.63) is 54.2 Å². The zero-order chi connectivity index (χ0) is 19.7. The van der Waals surface area contributed by atoms with Crippen LogP contribution >= 0.6 is 0 Å². The van der Waals surface area contributed by atoms with Gasteiger partial charge in [0.25, 0.3) is 0 Å². The highest BCUT2D eigenvalue weighted by Crippen LogP contribution is 2.12. The highest BCUT2D eigenvalue weighted by atomic mass is 32.2. The van der Waals surface area contributed by atoms with Gasteiger partial charge < -0.3 is 10.6 Å². The molecular formula is C19H26N4O3S. The maximum absolute atomic E-state index is 12.3. The first-order chi connectivity index (χ1) is 12.9. The lowest BCUT2D eigenvalue weighted by Crippen LogP contribution is -2.32. The van der Waals surface area contributed by atoms with Crippen LogP contribution in [0.25, 0.3) is 0 Å². The average molecular weight is 391 g/mol. The van der Waals surface area contributed by atoms with E-state index < -0.39 is 10.0 Å². The Morgan fingerprint density at radius 2 is 1.89 bits per heavy atom. The summed E-state index contributed by atoms with van der Waals surface area (Å²) in [5, 5.41) is 5.69. The fourth-order valence-electron chi connectivity index (χ4n) is 2.50. The molecule has 0 aliphatic rings. The van der Waals surface area contributed by atoms with Gasteiger partial charge in [0.1, 0.15) is 10.7 Å². The molecule has 1 heterocycles. The number of carbonyl (C=O) groups excluding carboxylic acids is 1. The first kappa shape index (κ1) is 20.9. The Kier molecular flexibility index (Phi) is 7.75. The Morgan fingerprint density at radius 1 is 1.15 bits per heavy atom. The number of carbonyl (C=O) groups is 1. The van der Waals surface area contributed by atoms with Crippen molar-refractivity contribution < 1.29 is 13.2 Å². The molecule has 0 aliphatic carbocycles. The second-order valence-corrected chi connectivity index (χ2v) is 8.02. The minimum Gasteiger partial charge on any atom is -0.361 e. The van der Waals surface area contributed by atoms with Gasteiger partial charge in [0, 0.05) is 18.8 Å². The van der Waals surface area contributed by atoms with Crippen molar-refractivity contribution >= 4 is 21.7 Å². The minimum atomic E-state index is -3.59. The second-order valence-electron chi connectivity index (χ2n) is 6.31. The summed E-state index contributed by atoms with van der Waals surface area (Å²) in [4.78, 5) is 16.1. The van der Waals surface area contributed by atoms with E-state index in [2.05, 4.69) is 20.3 Å². The van der Waals surface area contributed by atoms with Crippen molar-refractivity contribution in [2.45, 2.75) is 44.2 Å². The van der Waals surface area contributed by atoms with Gasteiger partial charge in [-0.2, -0.15) is 0 Å². The molecule has 2 aromatic rings. The molecule has 2 rings (SSSR count). The third-order valence-electron chi connectivity index (χ3n) is 3.89. The minimum absolute atomic E-state index is 0.0533. The van der Waals surface area contributed by atoms with Crippen LogP contribution in [0.15, 0.2) is 53.6 Å². The van der Waals surface area contributed by atoms with Crippen LogP contribution in [0.4, 0.5) is 5.82 Å². The largest absolute Gasteiger partial charge is 0.361 e. The van der Waals surface area contributed by atoms with E-state index in [1.165, 1.54) is 12.3 Å². The molecule has 0 saturated carbocycles. The van der Waals surface area contributed by atoms with E-state index >= 15 is 0 Å². The molecular weight excluding hydrogens is 364 g/mol. The summed E-state index contributed by atoms with van der Waals surface area (Å²) in [6.07, 6.45) is 2.95. The highest BCUT2D eigenvalue weighted by molar-refractivity contribution is 7.89. The summed E-state index contributed by atoms with van der Waals surface area (Å²) in [6, 6.07) is 12.5. The molecule has 1 atom stereocenters. The number of sulfonamides is 1. The molecule has 1 unspecified atom stereocenters. The van der Waals surface area contributed by atoms with Crippen LogP contribution in [-0.4, -0.2) is 31.9 Å². The maximum Gasteiger partial charge on any atom is 0.242 e. The number of amides is 1. The van der Waals surface area contributed by atoms with E-state index in [1.54, 1.807) is 6.07 Å². The Labute approximate surface area is 160 Å². The van der Waals surface area contributed by atoms with Gasteiger partial charge in [0.15, 0.2) is 0 Å². The van der Waals surface area contributed by atoms with Gasteiger partial charge >= 0.3 is 0 Å². The quantitative estimate of drug-likeness (QED) is 0.578. The second kappa shape index (κ2) is 10.0. The first-order valence-electron chi connectivity index (χ1n) is 8.93. The summed E-state index contributed by atoms with van der Waals surface area (Å²) < 4.78 is 27.2. The van der Waals surface area contributed by atoms with Crippen molar-refractivity contribution in [2.75, 3.05) is 11.9 Å². The fourth-order valence-corrected chi connectivity index (χ4v) is 3.72. The highest BCUT2D eigenvalue weighted by Gasteiger charge is 2.17. The summed E-state index contributed by atoms with van der Waals surface area (Å²) >= 11 is 0. The molecule has 0 bridgehead atoms. The van der Waals surface area contributed by atoms with Crippen molar-refractivity contribution in [3.63, 3.8) is 0 Å². The van der Waals surface area contributed by atoms with Gasteiger partial charge in [0.05, 0.1) is 6.54 Å². The topological polar surface area (TPSA) is 100 Å². The third-order valence-corrected chi connectivity index (χ3v) is 5.46. The lowest BCUT2D eigenvalue weighted by Gasteiger charge is -2.13. The van der Waals surface area contributed by atoms with Crippen molar-refractivity contribution in [2.24, 2.45) is 0 Å². The summed E-state index contributed by atoms with van der Waals surface area (Å²) in [6.45, 7) is 4.34. The predicted molar refractivity (Wildman–Crippen MR) is 106 cm³/mol. The van der Waals surface area contributed by atoms with E-state index in [-0.39, 0.29) is 23.4 Å². The Balaban J connectivity index is 1.83. The van der Waals surface area contributed by atoms with Crippen molar-refractivity contribution in [1.29, 1.82) is 0 Å². The lowest BCUT2D eigenvalue weighted by molar-refractivity contribution is -0.119. The van der Waals surface area contributed by atoms with E-state index in [1.807, 2.05) is 44.2 Å². The molecule has 3 N–H and O–H groups in total. The molecule has 1 amide bonds. The van der Waals surface area contributed by atoms with Gasteiger partial charge in [-0.1, -0.05) is 43.7 Å². The van der Waals surface area contributed by atoms with Gasteiger partial charge in [0.2, 0.25) is 15.9 Å². The number of aromatic nitrogens is 1. The Bertz CT molecular complexity index is 824. The van der Waals surface area contributed by atoms with Crippen molar-refractivity contribution in [3.8, 4) is 0 Å². The zero-order valence-corrected chi connectivity index (χ0v) is 16.4. The zero-order valence-electron chi connectivity index (χ0n) is 15.6. The molecule has 27 heavy (non-hydrogen) atoms. The molecule has 0 aliphatic heterocycles. The third kappa shape index (κ3) is 6.99. The number of pyridine rings is 1. The van der Waals surface area contributed by atoms with Crippen molar-refractivity contribution in [1.82, 2.24) is 15.0 Å². The Morgan fingerprint density at radius 3 is 2.52 bits per heavy atom. The van der Waals surface area contributed by atoms with Crippen LogP contribution in [0.3, 0.4) is 0 Å². The molecule has 0 radical (unpaired) electrons. The van der Waals surface area contributed by atoms with E-state index in [9.17, 15) is 13.2 Å². The summed E-state index contributed by atoms with van der Waals surface area (Å²) in [5.74, 6) is 0.262. The molecule has 0 saturated heterocycles. The van der Waals surface area contributed by atoms with Crippen LogP contribution in [-0.2, 0) is 21.4 Å². The number of rotatable bonds is 10. The SMILES string of the molecule is CCCC(C)NS(=O)(=O)c1ccc(NCC(=O)NCc2ccccc2)nc1. The van der Waals surface area contributed by atoms with Crippen LogP contribution in [0, 0.1) is 0 Å². The van der Waals surface area contributed by atoms with Crippen LogP contribution < -0.4 is 15.4 Å². The van der Waals surface area contributed by atoms with Gasteiger partial charge in [-0.3, -0.25) is 4.79 Å². The maximum atomic E-state index is 12.3. The monoisotopic (exact) mass is 390 g/mol. The number of anilines is 1. The predicted octanol–water partition coefficient (Wildman–Crippen LogP) is 2.28. The van der Waals surface area contributed by atoms with E-state index in [0.29, 0.717) is 12.4 Å². The molecule has 1 aromatic carbocycles. The number of nitrogens with zero attached hydrogens (tertiary/aromatic N) is 1. The van der Waals surface area contributed by atoms with Crippen LogP contribution in [0.2, 0.25) is 0 Å². The lowest BCUT2D eigenvalue weighted by atomic mass is 10.2. The van der Waals surface area contributed by atoms with Gasteiger partial charge in [-0.05, 0) is 31.0 Å². The van der Waals surface area contributed by atoms with Gasteiger partial charge in [-0.15, -0.1) is 0 Å². The molecule has 8 heteroatoms.